The molecule has 0 saturated carbocycles. The summed E-state index contributed by atoms with van der Waals surface area (Å²) in [7, 11) is 0. The molecule has 0 fully saturated rings. The Morgan fingerprint density at radius 3 is 2.72 bits per heavy atom. The smallest absolute Gasteiger partial charge is 0.325 e. The molecule has 0 radical (unpaired) electrons. The molecule has 0 aliphatic heterocycles. The standard InChI is InChI=1S/C11H12BrFN2O3/c1-6(10(16)17)15-11(18)14-5-7-2-3-9(13)8(12)4-7/h2-4,6H,5H2,1H3,(H,16,17)(H2,14,15,18). The van der Waals surface area contributed by atoms with Gasteiger partial charge in [0.15, 0.2) is 0 Å². The summed E-state index contributed by atoms with van der Waals surface area (Å²) >= 11 is 3.03. The fourth-order valence-electron chi connectivity index (χ4n) is 1.14. The van der Waals surface area contributed by atoms with Gasteiger partial charge in [-0.25, -0.2) is 9.18 Å². The number of carbonyl (C=O) groups is 2. The van der Waals surface area contributed by atoms with Gasteiger partial charge in [-0.1, -0.05) is 6.07 Å². The van der Waals surface area contributed by atoms with Crippen LogP contribution in [0.5, 0.6) is 0 Å². The van der Waals surface area contributed by atoms with Crippen molar-refractivity contribution in [1.29, 1.82) is 0 Å². The highest BCUT2D eigenvalue weighted by molar-refractivity contribution is 9.10. The van der Waals surface area contributed by atoms with Crippen LogP contribution < -0.4 is 10.6 Å². The summed E-state index contributed by atoms with van der Waals surface area (Å²) in [5.74, 6) is -1.50. The van der Waals surface area contributed by atoms with Crippen LogP contribution in [0.25, 0.3) is 0 Å². The van der Waals surface area contributed by atoms with Gasteiger partial charge in [0, 0.05) is 6.54 Å². The fourth-order valence-corrected chi connectivity index (χ4v) is 1.57. The molecule has 0 spiro atoms. The summed E-state index contributed by atoms with van der Waals surface area (Å²) in [5.41, 5.74) is 0.696. The minimum atomic E-state index is -1.12. The zero-order chi connectivity index (χ0) is 13.7. The van der Waals surface area contributed by atoms with Crippen LogP contribution in [0.2, 0.25) is 0 Å². The van der Waals surface area contributed by atoms with Gasteiger partial charge in [-0.2, -0.15) is 0 Å². The van der Waals surface area contributed by atoms with Crippen molar-refractivity contribution < 1.29 is 19.1 Å². The molecule has 98 valence electrons. The Balaban J connectivity index is 2.47. The number of halogens is 2. The second kappa shape index (κ2) is 6.34. The SMILES string of the molecule is CC(NC(=O)NCc1ccc(F)c(Br)c1)C(=O)O. The Labute approximate surface area is 112 Å². The van der Waals surface area contributed by atoms with Crippen LogP contribution in [0.1, 0.15) is 12.5 Å². The van der Waals surface area contributed by atoms with Gasteiger partial charge >= 0.3 is 12.0 Å². The van der Waals surface area contributed by atoms with Crippen molar-refractivity contribution in [3.8, 4) is 0 Å². The van der Waals surface area contributed by atoms with Crippen molar-refractivity contribution in [2.45, 2.75) is 19.5 Å². The minimum Gasteiger partial charge on any atom is -0.480 e. The maximum absolute atomic E-state index is 12.9. The Kier molecular flexibility index (Phi) is 5.08. The van der Waals surface area contributed by atoms with E-state index in [-0.39, 0.29) is 12.4 Å². The number of amides is 2. The molecule has 18 heavy (non-hydrogen) atoms. The average molecular weight is 319 g/mol. The number of rotatable bonds is 4. The zero-order valence-corrected chi connectivity index (χ0v) is 11.1. The van der Waals surface area contributed by atoms with Gasteiger partial charge in [0.25, 0.3) is 0 Å². The van der Waals surface area contributed by atoms with E-state index in [1.54, 1.807) is 0 Å². The number of benzene rings is 1. The van der Waals surface area contributed by atoms with Crippen LogP contribution in [0, 0.1) is 5.82 Å². The second-order valence-electron chi connectivity index (χ2n) is 3.64. The van der Waals surface area contributed by atoms with E-state index >= 15 is 0 Å². The van der Waals surface area contributed by atoms with Crippen LogP contribution in [0.15, 0.2) is 22.7 Å². The van der Waals surface area contributed by atoms with Gasteiger partial charge < -0.3 is 15.7 Å². The summed E-state index contributed by atoms with van der Waals surface area (Å²) in [6.45, 7) is 1.54. The third kappa shape index (κ3) is 4.33. The van der Waals surface area contributed by atoms with E-state index in [9.17, 15) is 14.0 Å². The van der Waals surface area contributed by atoms with E-state index in [0.29, 0.717) is 10.0 Å². The van der Waals surface area contributed by atoms with E-state index < -0.39 is 18.0 Å². The molecule has 0 saturated heterocycles. The first-order valence-corrected chi connectivity index (χ1v) is 5.90. The molecule has 1 atom stereocenters. The lowest BCUT2D eigenvalue weighted by molar-refractivity contribution is -0.138. The van der Waals surface area contributed by atoms with Crippen LogP contribution in [0.3, 0.4) is 0 Å². The van der Waals surface area contributed by atoms with Crippen LogP contribution in [-0.4, -0.2) is 23.1 Å². The van der Waals surface area contributed by atoms with Crippen molar-refractivity contribution in [2.75, 3.05) is 0 Å². The van der Waals surface area contributed by atoms with Crippen molar-refractivity contribution in [1.82, 2.24) is 10.6 Å². The maximum Gasteiger partial charge on any atom is 0.325 e. The molecule has 0 aliphatic rings. The third-order valence-electron chi connectivity index (χ3n) is 2.16. The van der Waals surface area contributed by atoms with E-state index in [0.717, 1.165) is 0 Å². The Morgan fingerprint density at radius 2 is 2.17 bits per heavy atom. The number of urea groups is 1. The normalized spacial score (nSPS) is 11.7. The van der Waals surface area contributed by atoms with Gasteiger partial charge in [-0.05, 0) is 40.5 Å². The summed E-state index contributed by atoms with van der Waals surface area (Å²) in [5, 5.41) is 13.3. The van der Waals surface area contributed by atoms with E-state index in [2.05, 4.69) is 26.6 Å². The predicted octanol–water partition coefficient (Wildman–Crippen LogP) is 1.86. The van der Waals surface area contributed by atoms with Gasteiger partial charge in [-0.15, -0.1) is 0 Å². The first-order chi connectivity index (χ1) is 8.40. The molecule has 0 heterocycles. The summed E-state index contributed by atoms with van der Waals surface area (Å²) < 4.78 is 13.3. The van der Waals surface area contributed by atoms with Crippen LogP contribution in [-0.2, 0) is 11.3 Å². The number of hydrogen-bond donors (Lipinski definition) is 3. The number of carbonyl (C=O) groups excluding carboxylic acids is 1. The Hall–Kier alpha value is -1.63. The van der Waals surface area contributed by atoms with E-state index in [4.69, 9.17) is 5.11 Å². The first-order valence-electron chi connectivity index (χ1n) is 5.11. The number of carboxylic acid groups (broad SMARTS) is 1. The summed E-state index contributed by atoms with van der Waals surface area (Å²) in [6.07, 6.45) is 0. The topological polar surface area (TPSA) is 78.4 Å². The van der Waals surface area contributed by atoms with Crippen LogP contribution >= 0.6 is 15.9 Å². The Morgan fingerprint density at radius 1 is 1.50 bits per heavy atom. The number of nitrogens with one attached hydrogen (secondary N) is 2. The highest BCUT2D eigenvalue weighted by atomic mass is 79.9. The minimum absolute atomic E-state index is 0.178. The van der Waals surface area contributed by atoms with Crippen LogP contribution in [0.4, 0.5) is 9.18 Å². The largest absolute Gasteiger partial charge is 0.480 e. The molecule has 0 aromatic heterocycles. The first kappa shape index (κ1) is 14.4. The van der Waals surface area contributed by atoms with E-state index in [1.165, 1.54) is 25.1 Å². The molecule has 5 nitrogen and oxygen atoms in total. The lowest BCUT2D eigenvalue weighted by Crippen LogP contribution is -2.44. The number of carboxylic acids is 1. The molecule has 1 unspecified atom stereocenters. The maximum atomic E-state index is 12.9. The summed E-state index contributed by atoms with van der Waals surface area (Å²) in [6, 6.07) is 2.78. The highest BCUT2D eigenvalue weighted by Crippen LogP contribution is 2.16. The van der Waals surface area contributed by atoms with Crippen molar-refractivity contribution in [3.05, 3.63) is 34.1 Å². The lowest BCUT2D eigenvalue weighted by Gasteiger charge is -2.10. The molecule has 2 amide bonds. The molecule has 3 N–H and O–H groups in total. The molecule has 1 rings (SSSR count). The van der Waals surface area contributed by atoms with Crippen molar-refractivity contribution >= 4 is 27.9 Å². The van der Waals surface area contributed by atoms with Gasteiger partial charge in [0.2, 0.25) is 0 Å². The molecule has 1 aromatic carbocycles. The molecule has 7 heteroatoms. The highest BCUT2D eigenvalue weighted by Gasteiger charge is 2.13. The van der Waals surface area contributed by atoms with Gasteiger partial charge in [-0.3, -0.25) is 4.79 Å². The quantitative estimate of drug-likeness (QED) is 0.793. The fraction of sp³-hybridized carbons (Fsp3) is 0.273. The van der Waals surface area contributed by atoms with Crippen molar-refractivity contribution in [2.24, 2.45) is 0 Å². The van der Waals surface area contributed by atoms with E-state index in [1.807, 2.05) is 0 Å². The molecular formula is C11H12BrFN2O3. The molecular weight excluding hydrogens is 307 g/mol. The number of aliphatic carboxylic acids is 1. The van der Waals surface area contributed by atoms with Gasteiger partial charge in [0.05, 0.1) is 4.47 Å². The Bertz CT molecular complexity index is 468. The molecule has 1 aromatic rings. The molecule has 0 bridgehead atoms. The monoisotopic (exact) mass is 318 g/mol. The lowest BCUT2D eigenvalue weighted by atomic mass is 10.2. The second-order valence-corrected chi connectivity index (χ2v) is 4.49. The third-order valence-corrected chi connectivity index (χ3v) is 2.76. The van der Waals surface area contributed by atoms with Gasteiger partial charge in [0.1, 0.15) is 11.9 Å². The van der Waals surface area contributed by atoms with Crippen molar-refractivity contribution in [3.63, 3.8) is 0 Å². The average Bonchev–Trinajstić information content (AvgIpc) is 2.30. The summed E-state index contributed by atoms with van der Waals surface area (Å²) in [4.78, 5) is 21.8. The molecule has 0 aliphatic carbocycles. The zero-order valence-electron chi connectivity index (χ0n) is 9.54. The predicted molar refractivity (Wildman–Crippen MR) is 66.6 cm³/mol. The number of hydrogen-bond acceptors (Lipinski definition) is 2.